The van der Waals surface area contributed by atoms with Crippen molar-refractivity contribution in [3.63, 3.8) is 0 Å². The number of fused-ring (bicyclic) bond motifs is 1. The van der Waals surface area contributed by atoms with Gasteiger partial charge in [-0.2, -0.15) is 0 Å². The van der Waals surface area contributed by atoms with Crippen LogP contribution in [0.4, 0.5) is 0 Å². The van der Waals surface area contributed by atoms with Gasteiger partial charge in [-0.15, -0.1) is 0 Å². The molecule has 0 radical (unpaired) electrons. The lowest BCUT2D eigenvalue weighted by Gasteiger charge is -2.28. The number of methoxy groups -OCH3 is 1. The van der Waals surface area contributed by atoms with Crippen LogP contribution in [0.5, 0.6) is 5.75 Å². The van der Waals surface area contributed by atoms with Gasteiger partial charge in [-0.3, -0.25) is 14.2 Å². The molecule has 1 N–H and O–H groups in total. The molecule has 0 fully saturated rings. The zero-order chi connectivity index (χ0) is 22.4. The number of aryl methyl sites for hydroxylation is 1. The molecule has 0 aliphatic rings. The molecule has 1 unspecified atom stereocenters. The Kier molecular flexibility index (Phi) is 5.70. The van der Waals surface area contributed by atoms with Crippen molar-refractivity contribution >= 4 is 34.4 Å². The molecule has 0 spiro atoms. The summed E-state index contributed by atoms with van der Waals surface area (Å²) >= 11 is 6.37. The van der Waals surface area contributed by atoms with E-state index in [0.29, 0.717) is 38.5 Å². The molecule has 6 heteroatoms. The van der Waals surface area contributed by atoms with Gasteiger partial charge in [0.05, 0.1) is 23.6 Å². The van der Waals surface area contributed by atoms with Gasteiger partial charge in [0.1, 0.15) is 5.75 Å². The summed E-state index contributed by atoms with van der Waals surface area (Å²) in [4.78, 5) is 25.8. The fourth-order valence-corrected chi connectivity index (χ4v) is 4.21. The smallest absolute Gasteiger partial charge is 0.311 e. The van der Waals surface area contributed by atoms with E-state index in [-0.39, 0.29) is 5.91 Å². The van der Waals surface area contributed by atoms with Crippen molar-refractivity contribution in [2.75, 3.05) is 7.11 Å². The van der Waals surface area contributed by atoms with E-state index in [1.54, 1.807) is 35.8 Å². The molecule has 0 aliphatic heterocycles. The Morgan fingerprint density at radius 2 is 1.70 bits per heavy atom. The lowest BCUT2D eigenvalue weighted by molar-refractivity contribution is -0.141. The molecule has 3 aromatic rings. The van der Waals surface area contributed by atoms with Crippen LogP contribution in [0.25, 0.3) is 10.9 Å². The molecule has 1 aromatic heterocycles. The van der Waals surface area contributed by atoms with Crippen molar-refractivity contribution in [1.29, 1.82) is 0 Å². The number of aliphatic carboxylic acids is 1. The summed E-state index contributed by atoms with van der Waals surface area (Å²) in [5, 5.41) is 11.1. The molecule has 2 aromatic carbocycles. The van der Waals surface area contributed by atoms with Crippen molar-refractivity contribution in [3.8, 4) is 5.75 Å². The molecule has 158 valence electrons. The Bertz CT molecular complexity index is 1140. The molecule has 3 rings (SSSR count). The highest BCUT2D eigenvalue weighted by Gasteiger charge is 2.37. The molecular weight excluding hydrogens is 402 g/mol. The number of nitrogens with zero attached hydrogens (tertiary/aromatic N) is 1. The highest BCUT2D eigenvalue weighted by Crippen LogP contribution is 2.44. The SMILES string of the molecule is COc1cc2c(C(C(=O)O)C(C)(C)C)c(C)n(C(=O)c3ccc(C)cc3)c2cc1Cl. The van der Waals surface area contributed by atoms with Crippen LogP contribution in [0.3, 0.4) is 0 Å². The van der Waals surface area contributed by atoms with Gasteiger partial charge in [0.15, 0.2) is 0 Å². The Labute approximate surface area is 181 Å². The number of benzene rings is 2. The highest BCUT2D eigenvalue weighted by atomic mass is 35.5. The fraction of sp³-hybridized carbons (Fsp3) is 0.333. The lowest BCUT2D eigenvalue weighted by atomic mass is 9.75. The summed E-state index contributed by atoms with van der Waals surface area (Å²) in [6.07, 6.45) is 0. The third-order valence-corrected chi connectivity index (χ3v) is 5.73. The number of hydrogen-bond acceptors (Lipinski definition) is 3. The number of carbonyl (C=O) groups is 2. The first kappa shape index (κ1) is 21.9. The van der Waals surface area contributed by atoms with Gasteiger partial charge in [-0.1, -0.05) is 50.1 Å². The van der Waals surface area contributed by atoms with E-state index in [0.717, 1.165) is 5.56 Å². The van der Waals surface area contributed by atoms with Crippen molar-refractivity contribution in [3.05, 3.63) is 63.8 Å². The molecule has 1 heterocycles. The normalized spacial score (nSPS) is 12.8. The largest absolute Gasteiger partial charge is 0.495 e. The monoisotopic (exact) mass is 427 g/mol. The summed E-state index contributed by atoms with van der Waals surface area (Å²) in [6.45, 7) is 9.37. The summed E-state index contributed by atoms with van der Waals surface area (Å²) in [5.41, 5.74) is 2.74. The van der Waals surface area contributed by atoms with Gasteiger partial charge < -0.3 is 9.84 Å². The van der Waals surface area contributed by atoms with Crippen molar-refractivity contribution in [2.45, 2.75) is 40.5 Å². The first-order valence-electron chi connectivity index (χ1n) is 9.70. The van der Waals surface area contributed by atoms with Gasteiger partial charge in [-0.25, -0.2) is 0 Å². The fourth-order valence-electron chi connectivity index (χ4n) is 3.97. The summed E-state index contributed by atoms with van der Waals surface area (Å²) in [5.74, 6) is -1.56. The van der Waals surface area contributed by atoms with E-state index < -0.39 is 17.3 Å². The standard InChI is InChI=1S/C24H26ClNO4/c1-13-7-9-15(10-8-13)22(27)26-14(2)20(21(23(28)29)24(3,4)5)16-11-19(30-6)17(25)12-18(16)26/h7-12,21H,1-6H3,(H,28,29). The average molecular weight is 428 g/mol. The number of carbonyl (C=O) groups excluding carboxylic acids is 1. The van der Waals surface area contributed by atoms with Crippen LogP contribution in [-0.4, -0.2) is 28.7 Å². The minimum absolute atomic E-state index is 0.233. The summed E-state index contributed by atoms with van der Waals surface area (Å²) < 4.78 is 6.93. The lowest BCUT2D eigenvalue weighted by Crippen LogP contribution is -2.27. The van der Waals surface area contributed by atoms with Crippen LogP contribution < -0.4 is 4.74 Å². The van der Waals surface area contributed by atoms with Crippen LogP contribution in [0, 0.1) is 19.3 Å². The molecule has 0 amide bonds. The molecule has 0 bridgehead atoms. The highest BCUT2D eigenvalue weighted by molar-refractivity contribution is 6.33. The maximum absolute atomic E-state index is 13.5. The second kappa shape index (κ2) is 7.80. The van der Waals surface area contributed by atoms with Gasteiger partial charge in [0, 0.05) is 16.6 Å². The van der Waals surface area contributed by atoms with E-state index >= 15 is 0 Å². The van der Waals surface area contributed by atoms with Crippen LogP contribution in [0.15, 0.2) is 36.4 Å². The maximum atomic E-state index is 13.5. The molecule has 30 heavy (non-hydrogen) atoms. The zero-order valence-corrected chi connectivity index (χ0v) is 18.8. The quantitative estimate of drug-likeness (QED) is 0.569. The second-order valence-corrected chi connectivity index (χ2v) is 9.05. The van der Waals surface area contributed by atoms with E-state index in [4.69, 9.17) is 16.3 Å². The number of rotatable bonds is 4. The molecular formula is C24H26ClNO4. The second-order valence-electron chi connectivity index (χ2n) is 8.65. The first-order valence-corrected chi connectivity index (χ1v) is 10.1. The van der Waals surface area contributed by atoms with Gasteiger partial charge in [0.2, 0.25) is 0 Å². The third kappa shape index (κ3) is 3.70. The van der Waals surface area contributed by atoms with E-state index in [1.807, 2.05) is 39.8 Å². The predicted octanol–water partition coefficient (Wildman–Crippen LogP) is 5.82. The number of ether oxygens (including phenoxy) is 1. The maximum Gasteiger partial charge on any atom is 0.311 e. The van der Waals surface area contributed by atoms with Crippen LogP contribution >= 0.6 is 11.6 Å². The van der Waals surface area contributed by atoms with Gasteiger partial charge >= 0.3 is 5.97 Å². The Balaban J connectivity index is 2.40. The minimum atomic E-state index is -0.943. The van der Waals surface area contributed by atoms with E-state index in [9.17, 15) is 14.7 Å². The topological polar surface area (TPSA) is 68.5 Å². The van der Waals surface area contributed by atoms with Gasteiger partial charge in [0.25, 0.3) is 5.91 Å². The number of carboxylic acids is 1. The average Bonchev–Trinajstić information content (AvgIpc) is 2.91. The van der Waals surface area contributed by atoms with Crippen molar-refractivity contribution in [2.24, 2.45) is 5.41 Å². The number of aromatic nitrogens is 1. The number of hydrogen-bond donors (Lipinski definition) is 1. The van der Waals surface area contributed by atoms with E-state index in [2.05, 4.69) is 0 Å². The summed E-state index contributed by atoms with van der Waals surface area (Å²) in [6, 6.07) is 10.7. The predicted molar refractivity (Wildman–Crippen MR) is 119 cm³/mol. The van der Waals surface area contributed by atoms with Crippen LogP contribution in [0.2, 0.25) is 5.02 Å². The summed E-state index contributed by atoms with van der Waals surface area (Å²) in [7, 11) is 1.51. The molecule has 0 saturated carbocycles. The third-order valence-electron chi connectivity index (χ3n) is 5.43. The van der Waals surface area contributed by atoms with E-state index in [1.165, 1.54) is 7.11 Å². The minimum Gasteiger partial charge on any atom is -0.495 e. The number of halogens is 1. The van der Waals surface area contributed by atoms with Crippen LogP contribution in [0.1, 0.15) is 53.9 Å². The Hall–Kier alpha value is -2.79. The van der Waals surface area contributed by atoms with Crippen molar-refractivity contribution in [1.82, 2.24) is 4.57 Å². The van der Waals surface area contributed by atoms with Crippen LogP contribution in [-0.2, 0) is 4.79 Å². The number of carboxylic acid groups (broad SMARTS) is 1. The Morgan fingerprint density at radius 1 is 1.10 bits per heavy atom. The Morgan fingerprint density at radius 3 is 2.20 bits per heavy atom. The molecule has 0 aliphatic carbocycles. The molecule has 1 atom stereocenters. The van der Waals surface area contributed by atoms with Crippen molar-refractivity contribution < 1.29 is 19.4 Å². The molecule has 5 nitrogen and oxygen atoms in total. The first-order chi connectivity index (χ1) is 14.0. The zero-order valence-electron chi connectivity index (χ0n) is 18.0. The molecule has 0 saturated heterocycles. The van der Waals surface area contributed by atoms with Gasteiger partial charge in [-0.05, 0) is 49.1 Å².